The van der Waals surface area contributed by atoms with Crippen LogP contribution in [0.1, 0.15) is 27.4 Å². The van der Waals surface area contributed by atoms with Crippen LogP contribution in [0.5, 0.6) is 0 Å². The number of rotatable bonds is 2. The number of imidazole rings is 1. The number of hydrogen-bond donors (Lipinski definition) is 0. The normalized spacial score (nSPS) is 22.9. The van der Waals surface area contributed by atoms with Crippen LogP contribution >= 0.6 is 0 Å². The van der Waals surface area contributed by atoms with Crippen LogP contribution < -0.4 is 0 Å². The van der Waals surface area contributed by atoms with Crippen molar-refractivity contribution in [3.8, 4) is 0 Å². The smallest absolute Gasteiger partial charge is 0.290 e. The molecule has 1 spiro atoms. The lowest BCUT2D eigenvalue weighted by molar-refractivity contribution is -0.258. The number of nitrogens with zero attached hydrogens (tertiary/aromatic N) is 5. The molecule has 0 radical (unpaired) electrons. The molecule has 1 unspecified atom stereocenters. The zero-order valence-corrected chi connectivity index (χ0v) is 15.8. The highest BCUT2D eigenvalue weighted by molar-refractivity contribution is 5.94. The van der Waals surface area contributed by atoms with E-state index < -0.39 is 5.79 Å². The molecular weight excluding hydrogens is 362 g/mol. The number of amides is 2. The Balaban J connectivity index is 1.53. The van der Waals surface area contributed by atoms with E-state index in [-0.39, 0.29) is 24.9 Å². The van der Waals surface area contributed by atoms with Crippen LogP contribution in [0, 0.1) is 0 Å². The average Bonchev–Trinajstić information content (AvgIpc) is 3.05. The number of carbonyl (C=O) groups excluding carboxylic acids is 2. The summed E-state index contributed by atoms with van der Waals surface area (Å²) in [5.74, 6) is -0.952. The van der Waals surface area contributed by atoms with Gasteiger partial charge in [0.15, 0.2) is 5.82 Å². The lowest BCUT2D eigenvalue weighted by Gasteiger charge is -2.43. The average molecular weight is 385 g/mol. The standard InChI is InChI=1S/C19H23N5O4/c1-22-8-6-21-16(22)18(26)23-7-3-10-27-19(13-23)14-24(9-11-28-19)17(25)15-4-2-5-20-12-15/h2,4-6,8,12H,3,7,9-11,13-14H2,1H3. The van der Waals surface area contributed by atoms with Gasteiger partial charge in [-0.3, -0.25) is 14.6 Å². The van der Waals surface area contributed by atoms with Crippen LogP contribution in [0.2, 0.25) is 0 Å². The number of aryl methyl sites for hydroxylation is 1. The highest BCUT2D eigenvalue weighted by Gasteiger charge is 2.43. The van der Waals surface area contributed by atoms with Crippen LogP contribution in [0.15, 0.2) is 36.9 Å². The maximum atomic E-state index is 12.9. The second kappa shape index (κ2) is 7.69. The number of pyridine rings is 1. The van der Waals surface area contributed by atoms with Crippen molar-refractivity contribution in [2.75, 3.05) is 39.4 Å². The predicted octanol–water partition coefficient (Wildman–Crippen LogP) is 0.546. The van der Waals surface area contributed by atoms with Crippen LogP contribution in [0.4, 0.5) is 0 Å². The summed E-state index contributed by atoms with van der Waals surface area (Å²) in [7, 11) is 1.79. The van der Waals surface area contributed by atoms with Gasteiger partial charge in [-0.15, -0.1) is 0 Å². The van der Waals surface area contributed by atoms with Crippen LogP contribution in [0.25, 0.3) is 0 Å². The van der Waals surface area contributed by atoms with Gasteiger partial charge in [0.25, 0.3) is 11.8 Å². The molecule has 4 heterocycles. The molecule has 2 aromatic heterocycles. The van der Waals surface area contributed by atoms with Crippen molar-refractivity contribution >= 4 is 11.8 Å². The largest absolute Gasteiger partial charge is 0.347 e. The van der Waals surface area contributed by atoms with Gasteiger partial charge < -0.3 is 23.8 Å². The van der Waals surface area contributed by atoms with E-state index in [0.29, 0.717) is 44.1 Å². The summed E-state index contributed by atoms with van der Waals surface area (Å²) in [6.45, 7) is 2.32. The van der Waals surface area contributed by atoms with E-state index >= 15 is 0 Å². The van der Waals surface area contributed by atoms with Crippen molar-refractivity contribution in [2.24, 2.45) is 7.05 Å². The van der Waals surface area contributed by atoms with Gasteiger partial charge in [-0.2, -0.15) is 0 Å². The topological polar surface area (TPSA) is 89.8 Å². The first-order chi connectivity index (χ1) is 13.6. The van der Waals surface area contributed by atoms with Crippen LogP contribution in [0.3, 0.4) is 0 Å². The maximum Gasteiger partial charge on any atom is 0.290 e. The molecule has 1 atom stereocenters. The van der Waals surface area contributed by atoms with Crippen molar-refractivity contribution in [1.29, 1.82) is 0 Å². The first-order valence-corrected chi connectivity index (χ1v) is 9.32. The van der Waals surface area contributed by atoms with E-state index in [1.165, 1.54) is 0 Å². The van der Waals surface area contributed by atoms with E-state index in [9.17, 15) is 9.59 Å². The van der Waals surface area contributed by atoms with Gasteiger partial charge >= 0.3 is 0 Å². The zero-order chi connectivity index (χ0) is 19.6. The van der Waals surface area contributed by atoms with E-state index in [1.807, 2.05) is 0 Å². The number of carbonyl (C=O) groups is 2. The SMILES string of the molecule is Cn1ccnc1C(=O)N1CCCOC2(CN(C(=O)c3cccnc3)CCO2)C1. The Hall–Kier alpha value is -2.78. The summed E-state index contributed by atoms with van der Waals surface area (Å²) in [5, 5.41) is 0. The molecule has 2 aliphatic rings. The molecule has 0 N–H and O–H groups in total. The van der Waals surface area contributed by atoms with Crippen molar-refractivity contribution in [3.05, 3.63) is 48.3 Å². The molecule has 0 bridgehead atoms. The highest BCUT2D eigenvalue weighted by atomic mass is 16.7. The molecule has 148 valence electrons. The summed E-state index contributed by atoms with van der Waals surface area (Å²) < 4.78 is 13.7. The summed E-state index contributed by atoms with van der Waals surface area (Å²) in [4.78, 5) is 37.4. The fraction of sp³-hybridized carbons (Fsp3) is 0.474. The van der Waals surface area contributed by atoms with Gasteiger partial charge in [0.2, 0.25) is 5.79 Å². The van der Waals surface area contributed by atoms with Gasteiger partial charge in [-0.25, -0.2) is 4.98 Å². The highest BCUT2D eigenvalue weighted by Crippen LogP contribution is 2.26. The summed E-state index contributed by atoms with van der Waals surface area (Å²) >= 11 is 0. The number of morpholine rings is 1. The second-order valence-corrected chi connectivity index (χ2v) is 7.02. The third-order valence-electron chi connectivity index (χ3n) is 5.02. The third-order valence-corrected chi connectivity index (χ3v) is 5.02. The van der Waals surface area contributed by atoms with E-state index in [2.05, 4.69) is 9.97 Å². The summed E-state index contributed by atoms with van der Waals surface area (Å²) in [5.41, 5.74) is 0.522. The van der Waals surface area contributed by atoms with Crippen molar-refractivity contribution in [1.82, 2.24) is 24.3 Å². The quantitative estimate of drug-likeness (QED) is 0.750. The Kier molecular flexibility index (Phi) is 5.10. The Bertz CT molecular complexity index is 855. The molecule has 2 amide bonds. The minimum Gasteiger partial charge on any atom is -0.347 e. The van der Waals surface area contributed by atoms with Crippen LogP contribution in [-0.2, 0) is 16.5 Å². The van der Waals surface area contributed by atoms with Gasteiger partial charge in [0, 0.05) is 44.9 Å². The minimum atomic E-state index is -1.03. The Morgan fingerprint density at radius 1 is 1.07 bits per heavy atom. The lowest BCUT2D eigenvalue weighted by atomic mass is 10.1. The molecule has 28 heavy (non-hydrogen) atoms. The monoisotopic (exact) mass is 385 g/mol. The van der Waals surface area contributed by atoms with Crippen molar-refractivity contribution < 1.29 is 19.1 Å². The van der Waals surface area contributed by atoms with Gasteiger partial charge in [-0.05, 0) is 18.6 Å². The first-order valence-electron chi connectivity index (χ1n) is 9.32. The van der Waals surface area contributed by atoms with Crippen molar-refractivity contribution in [3.63, 3.8) is 0 Å². The van der Waals surface area contributed by atoms with E-state index in [4.69, 9.17) is 9.47 Å². The molecule has 9 nitrogen and oxygen atoms in total. The number of aromatic nitrogens is 3. The fourth-order valence-corrected chi connectivity index (χ4v) is 3.60. The van der Waals surface area contributed by atoms with Gasteiger partial charge in [-0.1, -0.05) is 0 Å². The van der Waals surface area contributed by atoms with E-state index in [0.717, 1.165) is 0 Å². The molecule has 2 saturated heterocycles. The Labute approximate surface area is 162 Å². The van der Waals surface area contributed by atoms with Gasteiger partial charge in [0.1, 0.15) is 0 Å². The molecule has 0 aromatic carbocycles. The number of ether oxygens (including phenoxy) is 2. The predicted molar refractivity (Wildman–Crippen MR) is 98.5 cm³/mol. The van der Waals surface area contributed by atoms with E-state index in [1.54, 1.807) is 58.3 Å². The Morgan fingerprint density at radius 2 is 1.86 bits per heavy atom. The molecule has 2 aliphatic heterocycles. The molecule has 0 aliphatic carbocycles. The van der Waals surface area contributed by atoms with Crippen molar-refractivity contribution in [2.45, 2.75) is 12.2 Å². The first kappa shape index (κ1) is 18.6. The minimum absolute atomic E-state index is 0.120. The molecule has 0 saturated carbocycles. The molecule has 2 aromatic rings. The molecular formula is C19H23N5O4. The maximum absolute atomic E-state index is 12.9. The summed E-state index contributed by atoms with van der Waals surface area (Å²) in [6.07, 6.45) is 7.21. The third kappa shape index (κ3) is 3.63. The molecule has 9 heteroatoms. The fourth-order valence-electron chi connectivity index (χ4n) is 3.60. The lowest BCUT2D eigenvalue weighted by Crippen LogP contribution is -2.59. The Morgan fingerprint density at radius 3 is 2.57 bits per heavy atom. The molecule has 2 fully saturated rings. The molecule has 4 rings (SSSR count). The summed E-state index contributed by atoms with van der Waals surface area (Å²) in [6, 6.07) is 3.47. The zero-order valence-electron chi connectivity index (χ0n) is 15.8. The van der Waals surface area contributed by atoms with Gasteiger partial charge in [0.05, 0.1) is 31.9 Å². The second-order valence-electron chi connectivity index (χ2n) is 7.02. The number of hydrogen-bond acceptors (Lipinski definition) is 6. The van der Waals surface area contributed by atoms with Crippen LogP contribution in [-0.4, -0.2) is 81.3 Å².